The second kappa shape index (κ2) is 12.7. The summed E-state index contributed by atoms with van der Waals surface area (Å²) in [5, 5.41) is 23.9. The molecule has 12 heteroatoms. The summed E-state index contributed by atoms with van der Waals surface area (Å²) in [5.74, 6) is -1.15. The van der Waals surface area contributed by atoms with Gasteiger partial charge in [-0.2, -0.15) is 0 Å². The molecule has 0 bridgehead atoms. The number of hydrogen-bond donors (Lipinski definition) is 4. The fraction of sp³-hybridized carbons (Fsp3) is 0.172. The van der Waals surface area contributed by atoms with E-state index in [1.807, 2.05) is 13.0 Å². The number of benzene rings is 4. The molecule has 0 saturated heterocycles. The molecule has 4 aromatic rings. The zero-order valence-corrected chi connectivity index (χ0v) is 24.5. The third-order valence-electron chi connectivity index (χ3n) is 6.15. The highest BCUT2D eigenvalue weighted by Gasteiger charge is 2.22. The Bertz CT molecular complexity index is 1740. The first kappa shape index (κ1) is 30.0. The summed E-state index contributed by atoms with van der Waals surface area (Å²) in [6, 6.07) is 17.4. The summed E-state index contributed by atoms with van der Waals surface area (Å²) in [4.78, 5) is 24.1. The Balaban J connectivity index is 1.63. The van der Waals surface area contributed by atoms with Gasteiger partial charge in [0.25, 0.3) is 15.9 Å². The Kier molecular flexibility index (Phi) is 9.31. The van der Waals surface area contributed by atoms with Gasteiger partial charge in [0.2, 0.25) is 0 Å². The van der Waals surface area contributed by atoms with Crippen LogP contribution in [0.1, 0.15) is 21.5 Å². The molecule has 4 aromatic carbocycles. The number of ether oxygens (including phenoxy) is 1. The summed E-state index contributed by atoms with van der Waals surface area (Å²) in [5.41, 5.74) is 1.79. The van der Waals surface area contributed by atoms with E-state index in [1.54, 1.807) is 43.3 Å². The van der Waals surface area contributed by atoms with Gasteiger partial charge < -0.3 is 20.3 Å². The number of hydrogen-bond acceptors (Lipinski definition) is 7. The Hall–Kier alpha value is -3.93. The Morgan fingerprint density at radius 3 is 2.46 bits per heavy atom. The van der Waals surface area contributed by atoms with Crippen LogP contribution in [-0.4, -0.2) is 48.6 Å². The molecule has 4 N–H and O–H groups in total. The lowest BCUT2D eigenvalue weighted by atomic mass is 9.99. The number of phenolic OH excluding ortho intramolecular Hbond substituents is 1. The first-order valence-corrected chi connectivity index (χ1v) is 15.4. The van der Waals surface area contributed by atoms with Gasteiger partial charge in [0.05, 0.1) is 33.5 Å². The Morgan fingerprint density at radius 1 is 0.976 bits per heavy atom. The molecule has 4 rings (SSSR count). The van der Waals surface area contributed by atoms with Gasteiger partial charge in [-0.15, -0.1) is 11.8 Å². The maximum absolute atomic E-state index is 13.4. The van der Waals surface area contributed by atoms with Crippen LogP contribution in [0.4, 0.5) is 11.4 Å². The molecule has 1 amide bonds. The lowest BCUT2D eigenvalue weighted by Gasteiger charge is -2.17. The number of para-hydroxylation sites is 1. The van der Waals surface area contributed by atoms with E-state index >= 15 is 0 Å². The lowest BCUT2D eigenvalue weighted by molar-refractivity contribution is -0.133. The highest BCUT2D eigenvalue weighted by molar-refractivity contribution is 7.99. The van der Waals surface area contributed by atoms with Crippen LogP contribution in [0.15, 0.2) is 71.6 Å². The number of carbonyl (C=O) groups is 2. The predicted molar refractivity (Wildman–Crippen MR) is 162 cm³/mol. The number of carbonyl (C=O) groups excluding carboxylic acids is 1. The van der Waals surface area contributed by atoms with Crippen LogP contribution in [0.3, 0.4) is 0 Å². The molecule has 0 unspecified atom stereocenters. The highest BCUT2D eigenvalue weighted by atomic mass is 35.5. The number of nitrogens with one attached hydrogen (secondary N) is 2. The average molecular weight is 615 g/mol. The first-order chi connectivity index (χ1) is 19.5. The van der Waals surface area contributed by atoms with Gasteiger partial charge in [-0.1, -0.05) is 48.0 Å². The second-order valence-corrected chi connectivity index (χ2v) is 12.3. The minimum Gasteiger partial charge on any atom is -0.506 e. The SMILES string of the molecule is Cc1ccc(S(=O)(=O)Nc2ccccc2Cl)cc1NC(=O)c1cc(OCCSCC(=O)O)c2c(C)cccc2c1O. The van der Waals surface area contributed by atoms with E-state index in [9.17, 15) is 23.1 Å². The number of aryl methyl sites for hydroxylation is 2. The fourth-order valence-corrected chi connectivity index (χ4v) is 5.97. The highest BCUT2D eigenvalue weighted by Crippen LogP contribution is 2.38. The van der Waals surface area contributed by atoms with Crippen LogP contribution >= 0.6 is 23.4 Å². The maximum Gasteiger partial charge on any atom is 0.313 e. The lowest BCUT2D eigenvalue weighted by Crippen LogP contribution is -2.16. The van der Waals surface area contributed by atoms with Gasteiger partial charge in [-0.25, -0.2) is 8.42 Å². The zero-order chi connectivity index (χ0) is 29.7. The number of anilines is 2. The molecule has 0 aliphatic rings. The van der Waals surface area contributed by atoms with Crippen LogP contribution in [0.5, 0.6) is 11.5 Å². The quantitative estimate of drug-likeness (QED) is 0.149. The molecule has 41 heavy (non-hydrogen) atoms. The second-order valence-electron chi connectivity index (χ2n) is 9.08. The van der Waals surface area contributed by atoms with E-state index < -0.39 is 21.9 Å². The molecule has 0 fully saturated rings. The first-order valence-electron chi connectivity index (χ1n) is 12.3. The number of thioether (sulfide) groups is 1. The van der Waals surface area contributed by atoms with Gasteiger partial charge in [0.1, 0.15) is 11.5 Å². The van der Waals surface area contributed by atoms with Crippen molar-refractivity contribution in [1.29, 1.82) is 0 Å². The topological polar surface area (TPSA) is 142 Å². The number of aromatic hydroxyl groups is 1. The molecule has 0 aromatic heterocycles. The van der Waals surface area contributed by atoms with Crippen LogP contribution < -0.4 is 14.8 Å². The summed E-state index contributed by atoms with van der Waals surface area (Å²) < 4.78 is 34.5. The minimum absolute atomic E-state index is 0.0611. The van der Waals surface area contributed by atoms with Crippen LogP contribution in [0.25, 0.3) is 10.8 Å². The molecule has 0 radical (unpaired) electrons. The largest absolute Gasteiger partial charge is 0.506 e. The summed E-state index contributed by atoms with van der Waals surface area (Å²) >= 11 is 7.30. The van der Waals surface area contributed by atoms with Crippen LogP contribution in [-0.2, 0) is 14.8 Å². The molecule has 0 spiro atoms. The standard InChI is InChI=1S/C29H27ClN2O7S2/c1-17-10-11-19(41(37,38)32-23-9-4-3-8-22(23)30)14-24(17)31-29(36)21-15-25(39-12-13-40-16-26(33)34)27-18(2)6-5-7-20(27)28(21)35/h3-11,14-15,32,35H,12-13,16H2,1-2H3,(H,31,36)(H,33,34). The maximum atomic E-state index is 13.4. The number of aliphatic carboxylic acids is 1. The normalized spacial score (nSPS) is 11.3. The molecule has 0 saturated carbocycles. The fourth-order valence-electron chi connectivity index (χ4n) is 4.11. The number of sulfonamides is 1. The van der Waals surface area contributed by atoms with E-state index in [0.717, 1.165) is 5.56 Å². The third kappa shape index (κ3) is 7.05. The van der Waals surface area contributed by atoms with E-state index in [-0.39, 0.29) is 45.0 Å². The number of carboxylic acid groups (broad SMARTS) is 1. The zero-order valence-electron chi connectivity index (χ0n) is 22.1. The molecule has 0 atom stereocenters. The number of phenols is 1. The Morgan fingerprint density at radius 2 is 1.73 bits per heavy atom. The van der Waals surface area contributed by atoms with Crippen LogP contribution in [0.2, 0.25) is 5.02 Å². The minimum atomic E-state index is -4.04. The molecule has 9 nitrogen and oxygen atoms in total. The van der Waals surface area contributed by atoms with Gasteiger partial charge >= 0.3 is 5.97 Å². The Labute approximate surface area is 246 Å². The van der Waals surface area contributed by atoms with E-state index in [0.29, 0.717) is 27.8 Å². The van der Waals surface area contributed by atoms with Gasteiger partial charge in [-0.05, 0) is 55.3 Å². The van der Waals surface area contributed by atoms with Crippen molar-refractivity contribution in [3.8, 4) is 11.5 Å². The summed E-state index contributed by atoms with van der Waals surface area (Å²) in [6.07, 6.45) is 0. The van der Waals surface area contributed by atoms with E-state index in [1.165, 1.54) is 36.0 Å². The summed E-state index contributed by atoms with van der Waals surface area (Å²) in [6.45, 7) is 3.74. The van der Waals surface area contributed by atoms with Crippen molar-refractivity contribution in [2.45, 2.75) is 18.7 Å². The molecular weight excluding hydrogens is 588 g/mol. The van der Waals surface area contributed by atoms with Crippen molar-refractivity contribution in [3.05, 3.63) is 88.4 Å². The van der Waals surface area contributed by atoms with Crippen molar-refractivity contribution in [2.24, 2.45) is 0 Å². The number of carboxylic acids is 1. The van der Waals surface area contributed by atoms with Crippen LogP contribution in [0, 0.1) is 13.8 Å². The summed E-state index contributed by atoms with van der Waals surface area (Å²) in [7, 11) is -4.04. The van der Waals surface area contributed by atoms with Crippen molar-refractivity contribution in [3.63, 3.8) is 0 Å². The number of fused-ring (bicyclic) bond motifs is 1. The van der Waals surface area contributed by atoms with Crippen molar-refractivity contribution >= 4 is 67.4 Å². The molecular formula is C29H27ClN2O7S2. The molecule has 214 valence electrons. The smallest absolute Gasteiger partial charge is 0.313 e. The van der Waals surface area contributed by atoms with Gasteiger partial charge in [-0.3, -0.25) is 14.3 Å². The predicted octanol–water partition coefficient (Wildman–Crippen LogP) is 6.07. The van der Waals surface area contributed by atoms with Crippen molar-refractivity contribution in [2.75, 3.05) is 28.2 Å². The van der Waals surface area contributed by atoms with Gasteiger partial charge in [0.15, 0.2) is 0 Å². The number of amides is 1. The third-order valence-corrected chi connectivity index (χ3v) is 8.75. The number of halogens is 1. The van der Waals surface area contributed by atoms with Gasteiger partial charge in [0, 0.05) is 22.2 Å². The van der Waals surface area contributed by atoms with Crippen molar-refractivity contribution < 1.29 is 33.0 Å². The molecule has 0 aliphatic heterocycles. The number of rotatable bonds is 11. The van der Waals surface area contributed by atoms with Crippen molar-refractivity contribution in [1.82, 2.24) is 0 Å². The molecule has 0 aliphatic carbocycles. The van der Waals surface area contributed by atoms with E-state index in [2.05, 4.69) is 10.0 Å². The average Bonchev–Trinajstić information content (AvgIpc) is 2.92. The molecule has 0 heterocycles. The monoisotopic (exact) mass is 614 g/mol. The van der Waals surface area contributed by atoms with E-state index in [4.69, 9.17) is 21.4 Å².